The molecule has 0 bridgehead atoms. The van der Waals surface area contributed by atoms with Crippen LogP contribution in [0, 0.1) is 0 Å². The molecule has 268 valence electrons. The molecule has 0 spiro atoms. The van der Waals surface area contributed by atoms with Gasteiger partial charge in [0.15, 0.2) is 0 Å². The molecule has 14 heteroatoms. The highest BCUT2D eigenvalue weighted by Gasteiger charge is 2.39. The molecule has 11 rings (SSSR count). The van der Waals surface area contributed by atoms with E-state index in [0.717, 1.165) is 64.8 Å². The zero-order chi connectivity index (χ0) is 38.3. The van der Waals surface area contributed by atoms with Crippen LogP contribution in [0.4, 0.5) is 10.3 Å². The Morgan fingerprint density at radius 1 is 0.482 bits per heavy atom. The van der Waals surface area contributed by atoms with Gasteiger partial charge in [0.1, 0.15) is 0 Å². The van der Waals surface area contributed by atoms with E-state index in [1.165, 1.54) is 14.2 Å². The van der Waals surface area contributed by atoms with Gasteiger partial charge >= 0.3 is 11.9 Å². The maximum Gasteiger partial charge on any atom is 0.337 e. The molecule has 7 aromatic carbocycles. The highest BCUT2D eigenvalue weighted by Crippen LogP contribution is 2.47. The molecule has 0 unspecified atom stereocenters. The summed E-state index contributed by atoms with van der Waals surface area (Å²) in [7, 11) is 2.59. The van der Waals surface area contributed by atoms with Crippen molar-refractivity contribution in [1.29, 1.82) is 0 Å². The number of benzene rings is 7. The SMILES string of the molecule is COC(=O)c1ccc2nc(N3C(=O)c4ccc5c6ccc7c8c(ccc(c9ccc(c4c59)C3=O)c86)C(=O)N(c3nc4ccc(C(=O)OC)cc4s3)C7=O)sc2c1. The molecule has 0 saturated carbocycles. The fraction of sp³-hybridized carbons (Fsp3) is 0.0476. The lowest BCUT2D eigenvalue weighted by molar-refractivity contribution is 0.0592. The minimum Gasteiger partial charge on any atom is -0.465 e. The zero-order valence-corrected chi connectivity index (χ0v) is 30.6. The molecule has 2 aliphatic rings. The Morgan fingerprint density at radius 2 is 0.821 bits per heavy atom. The molecular formula is C42H20N4O8S2. The first-order valence-corrected chi connectivity index (χ1v) is 18.8. The van der Waals surface area contributed by atoms with Crippen molar-refractivity contribution in [1.82, 2.24) is 9.97 Å². The van der Waals surface area contributed by atoms with Crippen LogP contribution in [0.5, 0.6) is 0 Å². The van der Waals surface area contributed by atoms with Gasteiger partial charge in [-0.15, -0.1) is 0 Å². The summed E-state index contributed by atoms with van der Waals surface area (Å²) in [6.45, 7) is 0. The molecule has 2 aliphatic heterocycles. The van der Waals surface area contributed by atoms with E-state index >= 15 is 0 Å². The second kappa shape index (κ2) is 11.2. The molecule has 4 heterocycles. The van der Waals surface area contributed by atoms with Crippen LogP contribution in [0.25, 0.3) is 63.5 Å². The van der Waals surface area contributed by atoms with Crippen LogP contribution >= 0.6 is 22.7 Å². The van der Waals surface area contributed by atoms with E-state index in [4.69, 9.17) is 9.47 Å². The molecule has 0 fully saturated rings. The van der Waals surface area contributed by atoms with E-state index < -0.39 is 35.6 Å². The normalized spacial score (nSPS) is 14.1. The maximum absolute atomic E-state index is 14.2. The van der Waals surface area contributed by atoms with Gasteiger partial charge in [0.25, 0.3) is 23.6 Å². The Morgan fingerprint density at radius 3 is 1.14 bits per heavy atom. The number of aromatic nitrogens is 2. The monoisotopic (exact) mass is 772 g/mol. The van der Waals surface area contributed by atoms with Crippen LogP contribution in [0.15, 0.2) is 84.9 Å². The van der Waals surface area contributed by atoms with Crippen molar-refractivity contribution in [3.63, 3.8) is 0 Å². The summed E-state index contributed by atoms with van der Waals surface area (Å²) < 4.78 is 10.9. The molecular weight excluding hydrogens is 753 g/mol. The van der Waals surface area contributed by atoms with Gasteiger partial charge in [-0.2, -0.15) is 0 Å². The van der Waals surface area contributed by atoms with Crippen molar-refractivity contribution in [2.75, 3.05) is 24.0 Å². The number of hydrogen-bond donors (Lipinski definition) is 0. The number of ether oxygens (including phenoxy) is 2. The van der Waals surface area contributed by atoms with Crippen molar-refractivity contribution >= 4 is 132 Å². The summed E-state index contributed by atoms with van der Waals surface area (Å²) in [6, 6.07) is 23.9. The highest BCUT2D eigenvalue weighted by atomic mass is 32.1. The van der Waals surface area contributed by atoms with Crippen LogP contribution in [-0.4, -0.2) is 59.8 Å². The Kier molecular flexibility index (Phi) is 6.45. The van der Waals surface area contributed by atoms with Gasteiger partial charge in [-0.3, -0.25) is 19.2 Å². The van der Waals surface area contributed by atoms with E-state index in [1.807, 2.05) is 24.3 Å². The van der Waals surface area contributed by atoms with Crippen molar-refractivity contribution in [3.8, 4) is 0 Å². The number of amides is 4. The number of esters is 2. The van der Waals surface area contributed by atoms with Crippen LogP contribution in [0.2, 0.25) is 0 Å². The predicted molar refractivity (Wildman–Crippen MR) is 212 cm³/mol. The largest absolute Gasteiger partial charge is 0.465 e. The number of hydrogen-bond acceptors (Lipinski definition) is 12. The Balaban J connectivity index is 1.05. The summed E-state index contributed by atoms with van der Waals surface area (Å²) in [5.74, 6) is -3.12. The van der Waals surface area contributed by atoms with E-state index in [1.54, 1.807) is 60.7 Å². The lowest BCUT2D eigenvalue weighted by atomic mass is 9.82. The molecule has 2 aromatic heterocycles. The third-order valence-corrected chi connectivity index (χ3v) is 12.6. The number of methoxy groups -OCH3 is 2. The minimum absolute atomic E-state index is 0.181. The summed E-state index contributed by atoms with van der Waals surface area (Å²) >= 11 is 2.25. The van der Waals surface area contributed by atoms with Crippen LogP contribution in [0.1, 0.15) is 62.1 Å². The van der Waals surface area contributed by atoms with Gasteiger partial charge in [0.05, 0.1) is 45.8 Å². The first-order chi connectivity index (χ1) is 27.2. The fourth-order valence-electron chi connectivity index (χ4n) is 8.12. The second-order valence-electron chi connectivity index (χ2n) is 13.4. The van der Waals surface area contributed by atoms with Gasteiger partial charge in [0, 0.05) is 33.0 Å². The van der Waals surface area contributed by atoms with E-state index in [2.05, 4.69) is 9.97 Å². The molecule has 12 nitrogen and oxygen atoms in total. The number of carbonyl (C=O) groups excluding carboxylic acids is 6. The van der Waals surface area contributed by atoms with E-state index in [-0.39, 0.29) is 10.3 Å². The van der Waals surface area contributed by atoms with Crippen molar-refractivity contribution < 1.29 is 38.2 Å². The van der Waals surface area contributed by atoms with Crippen LogP contribution in [0.3, 0.4) is 0 Å². The Labute approximate surface area is 321 Å². The third-order valence-electron chi connectivity index (χ3n) is 10.6. The lowest BCUT2D eigenvalue weighted by Gasteiger charge is -2.28. The van der Waals surface area contributed by atoms with Crippen molar-refractivity contribution in [2.45, 2.75) is 0 Å². The van der Waals surface area contributed by atoms with E-state index in [9.17, 15) is 28.8 Å². The maximum atomic E-state index is 14.2. The van der Waals surface area contributed by atoms with Gasteiger partial charge in [0.2, 0.25) is 10.3 Å². The lowest BCUT2D eigenvalue weighted by Crippen LogP contribution is -2.40. The fourth-order valence-corrected chi connectivity index (χ4v) is 10.1. The standard InChI is InChI=1S/C42H20N4O8S2/c1-53-39(51)17-3-13-27-29(15-17)55-41(43-27)45-35(47)23-9-5-19-21-7-11-25-34-26(12-8-22(32(21)34)20-6-10-24(36(45)48)33(23)31(19)20)38(50)46(37(25)49)42-44-28-14-4-18(40(52)54-2)16-30(28)56-42/h3-16H,1-2H3. The van der Waals surface area contributed by atoms with Crippen LogP contribution < -0.4 is 9.80 Å². The number of carbonyl (C=O) groups is 6. The predicted octanol–water partition coefficient (Wildman–Crippen LogP) is 8.13. The quantitative estimate of drug-likeness (QED) is 0.0742. The molecule has 0 N–H and O–H groups in total. The first kappa shape index (κ1) is 32.3. The average molecular weight is 773 g/mol. The third kappa shape index (κ3) is 4.11. The van der Waals surface area contributed by atoms with Gasteiger partial charge in [-0.25, -0.2) is 29.4 Å². The van der Waals surface area contributed by atoms with Crippen molar-refractivity contribution in [2.24, 2.45) is 0 Å². The molecule has 0 atom stereocenters. The summed E-state index contributed by atoms with van der Waals surface area (Å²) in [6.07, 6.45) is 0. The molecule has 0 radical (unpaired) electrons. The molecule has 56 heavy (non-hydrogen) atoms. The number of rotatable bonds is 4. The second-order valence-corrected chi connectivity index (χ2v) is 15.4. The highest BCUT2D eigenvalue weighted by molar-refractivity contribution is 7.23. The number of thiazole rings is 2. The zero-order valence-electron chi connectivity index (χ0n) is 29.0. The Hall–Kier alpha value is -7.16. The minimum atomic E-state index is -0.526. The first-order valence-electron chi connectivity index (χ1n) is 17.1. The topological polar surface area (TPSA) is 153 Å². The number of anilines is 2. The number of nitrogens with zero attached hydrogens (tertiary/aromatic N) is 4. The summed E-state index contributed by atoms with van der Waals surface area (Å²) in [5, 5.41) is 5.88. The molecule has 0 aliphatic carbocycles. The summed E-state index contributed by atoms with van der Waals surface area (Å²) in [5.41, 5.74) is 3.04. The molecule has 4 amide bonds. The van der Waals surface area contributed by atoms with Crippen molar-refractivity contribution in [3.05, 3.63) is 118 Å². The van der Waals surface area contributed by atoms with Gasteiger partial charge in [-0.1, -0.05) is 46.9 Å². The molecule has 0 saturated heterocycles. The Bertz CT molecular complexity index is 3040. The van der Waals surface area contributed by atoms with E-state index in [0.29, 0.717) is 64.6 Å². The number of fused-ring (bicyclic) bond motifs is 4. The smallest absolute Gasteiger partial charge is 0.337 e. The van der Waals surface area contributed by atoms with Gasteiger partial charge in [-0.05, 0) is 93.0 Å². The summed E-state index contributed by atoms with van der Waals surface area (Å²) in [4.78, 5) is 92.6. The van der Waals surface area contributed by atoms with Gasteiger partial charge < -0.3 is 9.47 Å². The molecule has 9 aromatic rings. The number of imide groups is 2. The van der Waals surface area contributed by atoms with Crippen LogP contribution in [-0.2, 0) is 9.47 Å². The average Bonchev–Trinajstić information content (AvgIpc) is 3.84.